The maximum absolute atomic E-state index is 12.8. The minimum atomic E-state index is -0.339. The smallest absolute Gasteiger partial charge is 0.273 e. The van der Waals surface area contributed by atoms with E-state index in [1.807, 2.05) is 18.2 Å². The molecule has 4 rings (SSSR count). The molecular weight excluding hydrogens is 380 g/mol. The second-order valence-corrected chi connectivity index (χ2v) is 6.69. The van der Waals surface area contributed by atoms with Crippen molar-refractivity contribution in [3.05, 3.63) is 68.7 Å². The fourth-order valence-corrected chi connectivity index (χ4v) is 3.66. The number of nitrogen functional groups attached to an aromatic ring is 1. The van der Waals surface area contributed by atoms with E-state index >= 15 is 0 Å². The first-order valence-electron chi connectivity index (χ1n) is 8.96. The van der Waals surface area contributed by atoms with Crippen LogP contribution in [0.15, 0.2) is 52.1 Å². The van der Waals surface area contributed by atoms with Gasteiger partial charge in [0.1, 0.15) is 0 Å². The zero-order chi connectivity index (χ0) is 19.0. The van der Waals surface area contributed by atoms with E-state index in [2.05, 4.69) is 5.10 Å². The molecule has 0 spiro atoms. The van der Waals surface area contributed by atoms with Gasteiger partial charge in [-0.3, -0.25) is 19.5 Å². The molecule has 0 aliphatic carbocycles. The molecule has 146 valence electrons. The number of H-pyrrole nitrogens is 1. The topological polar surface area (TPSA) is 101 Å². The van der Waals surface area contributed by atoms with E-state index in [0.29, 0.717) is 23.0 Å². The Labute approximate surface area is 167 Å². The number of carbonyl (C=O) groups excluding carboxylic acids is 1. The second kappa shape index (κ2) is 7.90. The number of rotatable bonds is 3. The molecule has 0 saturated carbocycles. The summed E-state index contributed by atoms with van der Waals surface area (Å²) in [4.78, 5) is 39.2. The number of nitrogens with one attached hydrogen (secondary N) is 1. The van der Waals surface area contributed by atoms with E-state index < -0.39 is 0 Å². The average molecular weight is 401 g/mol. The number of nitrogens with two attached hydrogens (primary N) is 1. The van der Waals surface area contributed by atoms with Gasteiger partial charge in [-0.25, -0.2) is 4.68 Å². The van der Waals surface area contributed by atoms with Crippen LogP contribution in [-0.2, 0) is 17.8 Å². The van der Waals surface area contributed by atoms with Crippen molar-refractivity contribution < 1.29 is 4.79 Å². The Morgan fingerprint density at radius 3 is 2.61 bits per heavy atom. The van der Waals surface area contributed by atoms with Gasteiger partial charge in [-0.15, -0.1) is 12.4 Å². The highest BCUT2D eigenvalue weighted by Gasteiger charge is 2.23. The molecule has 3 aromatic rings. The van der Waals surface area contributed by atoms with E-state index in [-0.39, 0.29) is 42.4 Å². The predicted molar refractivity (Wildman–Crippen MR) is 112 cm³/mol. The number of benzene rings is 2. The lowest BCUT2D eigenvalue weighted by Crippen LogP contribution is -2.37. The summed E-state index contributed by atoms with van der Waals surface area (Å²) in [5, 5.41) is 3.27. The average Bonchev–Trinajstić information content (AvgIpc) is 2.69. The third-order valence-corrected chi connectivity index (χ3v) is 5.02. The first kappa shape index (κ1) is 19.7. The zero-order valence-electron chi connectivity index (χ0n) is 15.2. The minimum Gasteiger partial charge on any atom is -0.398 e. The maximum atomic E-state index is 12.8. The van der Waals surface area contributed by atoms with Gasteiger partial charge in [0, 0.05) is 24.3 Å². The normalized spacial score (nSPS) is 13.1. The monoisotopic (exact) mass is 400 g/mol. The molecule has 28 heavy (non-hydrogen) atoms. The van der Waals surface area contributed by atoms with Gasteiger partial charge in [-0.2, -0.15) is 0 Å². The number of aromatic nitrogens is 2. The summed E-state index contributed by atoms with van der Waals surface area (Å²) in [6.45, 7) is 0.740. The number of nitrogens with zero attached hydrogens (tertiary/aromatic N) is 2. The molecule has 0 saturated heterocycles. The number of amides is 1. The molecule has 1 aliphatic rings. The van der Waals surface area contributed by atoms with Crippen LogP contribution in [0.4, 0.5) is 11.4 Å². The van der Waals surface area contributed by atoms with E-state index in [4.69, 9.17) is 5.73 Å². The summed E-state index contributed by atoms with van der Waals surface area (Å²) in [5.41, 5.74) is 7.92. The first-order chi connectivity index (χ1) is 13.1. The van der Waals surface area contributed by atoms with Crippen molar-refractivity contribution >= 4 is 40.5 Å². The van der Waals surface area contributed by atoms with Crippen LogP contribution in [0.3, 0.4) is 0 Å². The van der Waals surface area contributed by atoms with Gasteiger partial charge < -0.3 is 10.6 Å². The van der Waals surface area contributed by atoms with Crippen LogP contribution in [0, 0.1) is 0 Å². The molecule has 1 amide bonds. The lowest BCUT2D eigenvalue weighted by Gasteiger charge is -2.30. The van der Waals surface area contributed by atoms with Crippen molar-refractivity contribution in [3.8, 4) is 0 Å². The van der Waals surface area contributed by atoms with Gasteiger partial charge in [-0.1, -0.05) is 18.2 Å². The van der Waals surface area contributed by atoms with Crippen molar-refractivity contribution in [2.75, 3.05) is 17.2 Å². The van der Waals surface area contributed by atoms with Crippen molar-refractivity contribution in [1.82, 2.24) is 9.78 Å². The molecule has 0 atom stereocenters. The van der Waals surface area contributed by atoms with Gasteiger partial charge in [0.15, 0.2) is 0 Å². The Kier molecular flexibility index (Phi) is 5.56. The first-order valence-corrected chi connectivity index (χ1v) is 8.96. The molecule has 0 bridgehead atoms. The summed E-state index contributed by atoms with van der Waals surface area (Å²) in [5.74, 6) is -0.0949. The van der Waals surface area contributed by atoms with Crippen molar-refractivity contribution in [2.24, 2.45) is 0 Å². The number of aryl methyl sites for hydroxylation is 1. The fraction of sp³-hybridized carbons (Fsp3) is 0.250. The fourth-order valence-electron chi connectivity index (χ4n) is 3.66. The van der Waals surface area contributed by atoms with Gasteiger partial charge >= 0.3 is 0 Å². The third kappa shape index (κ3) is 3.41. The Hall–Kier alpha value is -3.06. The van der Waals surface area contributed by atoms with Gasteiger partial charge in [0.2, 0.25) is 5.91 Å². The molecular formula is C20H21ClN4O3. The number of aromatic amines is 1. The molecule has 7 nitrogen and oxygen atoms in total. The molecule has 0 radical (unpaired) electrons. The lowest BCUT2D eigenvalue weighted by molar-refractivity contribution is -0.119. The van der Waals surface area contributed by atoms with E-state index in [0.717, 1.165) is 24.1 Å². The summed E-state index contributed by atoms with van der Waals surface area (Å²) < 4.78 is 1.22. The van der Waals surface area contributed by atoms with E-state index in [1.54, 1.807) is 29.2 Å². The van der Waals surface area contributed by atoms with Gasteiger partial charge in [0.25, 0.3) is 11.1 Å². The van der Waals surface area contributed by atoms with Gasteiger partial charge in [0.05, 0.1) is 17.3 Å². The minimum absolute atomic E-state index is 0. The number of hydrogen-bond acceptors (Lipinski definition) is 4. The molecule has 2 aromatic carbocycles. The summed E-state index contributed by atoms with van der Waals surface area (Å²) >= 11 is 0. The Morgan fingerprint density at radius 1 is 1.07 bits per heavy atom. The highest BCUT2D eigenvalue weighted by molar-refractivity contribution is 5.95. The third-order valence-electron chi connectivity index (χ3n) is 5.02. The summed E-state index contributed by atoms with van der Waals surface area (Å²) in [7, 11) is 0. The zero-order valence-corrected chi connectivity index (χ0v) is 16.0. The molecule has 1 aromatic heterocycles. The van der Waals surface area contributed by atoms with Crippen LogP contribution in [0.5, 0.6) is 0 Å². The quantitative estimate of drug-likeness (QED) is 0.657. The number of hydrogen-bond donors (Lipinski definition) is 2. The van der Waals surface area contributed by atoms with Crippen molar-refractivity contribution in [2.45, 2.75) is 25.8 Å². The summed E-state index contributed by atoms with van der Waals surface area (Å²) in [6.07, 6.45) is 1.81. The van der Waals surface area contributed by atoms with Crippen LogP contribution >= 0.6 is 12.4 Å². The molecule has 8 heteroatoms. The van der Waals surface area contributed by atoms with E-state index in [1.165, 1.54) is 4.68 Å². The number of carbonyl (C=O) groups is 1. The van der Waals surface area contributed by atoms with Crippen molar-refractivity contribution in [1.29, 1.82) is 0 Å². The van der Waals surface area contributed by atoms with Gasteiger partial charge in [-0.05, 0) is 42.7 Å². The predicted octanol–water partition coefficient (Wildman–Crippen LogP) is 2.06. The highest BCUT2D eigenvalue weighted by atomic mass is 35.5. The highest BCUT2D eigenvalue weighted by Crippen LogP contribution is 2.31. The Bertz CT molecular complexity index is 1150. The Morgan fingerprint density at radius 2 is 1.82 bits per heavy atom. The van der Waals surface area contributed by atoms with Crippen molar-refractivity contribution in [3.63, 3.8) is 0 Å². The number of fused-ring (bicyclic) bond motifs is 2. The molecule has 2 heterocycles. The summed E-state index contributed by atoms with van der Waals surface area (Å²) in [6, 6.07) is 12.2. The molecule has 0 fully saturated rings. The maximum Gasteiger partial charge on any atom is 0.273 e. The standard InChI is InChI=1S/C20H20N4O3.ClH/c21-16-8-3-9-17-15(16)7-4-11-23(17)18(25)10-12-24-20(27)14-6-2-1-5-13(14)19(26)22-24;/h1-3,5-6,8-9H,4,7,10-12,21H2,(H,22,26);1H. The molecule has 1 aliphatic heterocycles. The van der Waals surface area contributed by atoms with Crippen LogP contribution in [-0.4, -0.2) is 22.2 Å². The van der Waals surface area contributed by atoms with E-state index in [9.17, 15) is 14.4 Å². The van der Waals surface area contributed by atoms with Crippen LogP contribution < -0.4 is 21.8 Å². The van der Waals surface area contributed by atoms with Crippen LogP contribution in [0.25, 0.3) is 10.8 Å². The number of halogens is 1. The Balaban J connectivity index is 0.00000225. The second-order valence-electron chi connectivity index (χ2n) is 6.69. The molecule has 3 N–H and O–H groups in total. The number of anilines is 2. The SMILES string of the molecule is Cl.Nc1cccc2c1CCCN2C(=O)CCn1[nH]c(=O)c2ccccc2c1=O. The molecule has 0 unspecified atom stereocenters. The van der Waals surface area contributed by atoms with Crippen LogP contribution in [0.1, 0.15) is 18.4 Å². The lowest BCUT2D eigenvalue weighted by atomic mass is 9.99. The largest absolute Gasteiger partial charge is 0.398 e. The van der Waals surface area contributed by atoms with Crippen LogP contribution in [0.2, 0.25) is 0 Å².